The fourth-order valence-electron chi connectivity index (χ4n) is 6.27. The van der Waals surface area contributed by atoms with Crippen molar-refractivity contribution in [2.24, 2.45) is 16.5 Å². The van der Waals surface area contributed by atoms with Crippen LogP contribution in [0.1, 0.15) is 59.5 Å². The molecule has 11 heteroatoms. The highest BCUT2D eigenvalue weighted by molar-refractivity contribution is 6.09. The predicted octanol–water partition coefficient (Wildman–Crippen LogP) is 7.33. The average molecular weight is 740 g/mol. The molecular weight excluding hydrogens is 695 g/mol. The van der Waals surface area contributed by atoms with Crippen molar-refractivity contribution < 1.29 is 28.7 Å². The number of nitrogens with zero attached hydrogens (tertiary/aromatic N) is 3. The molecule has 0 heterocycles. The minimum atomic E-state index is -1.39. The van der Waals surface area contributed by atoms with Gasteiger partial charge in [0.2, 0.25) is 5.91 Å². The van der Waals surface area contributed by atoms with E-state index in [2.05, 4.69) is 4.99 Å². The minimum Gasteiger partial charge on any atom is -0.444 e. The molecule has 4 amide bonds. The van der Waals surface area contributed by atoms with Crippen molar-refractivity contribution in [2.75, 3.05) is 6.54 Å². The largest absolute Gasteiger partial charge is 0.444 e. The highest BCUT2D eigenvalue weighted by Crippen LogP contribution is 2.34. The van der Waals surface area contributed by atoms with Gasteiger partial charge in [-0.3, -0.25) is 14.6 Å². The van der Waals surface area contributed by atoms with Gasteiger partial charge in [0.1, 0.15) is 19.3 Å². The summed E-state index contributed by atoms with van der Waals surface area (Å²) in [6, 6.07) is 43.3. The summed E-state index contributed by atoms with van der Waals surface area (Å²) in [5.74, 6) is -2.43. The molecule has 0 aromatic heterocycles. The van der Waals surface area contributed by atoms with Gasteiger partial charge in [-0.15, -0.1) is 4.90 Å². The lowest BCUT2D eigenvalue weighted by Crippen LogP contribution is -2.56. The highest BCUT2D eigenvalue weighted by Gasteiger charge is 2.44. The molecule has 5 rings (SSSR count). The van der Waals surface area contributed by atoms with Crippen molar-refractivity contribution in [3.05, 3.63) is 179 Å². The van der Waals surface area contributed by atoms with Crippen LogP contribution in [0.4, 0.5) is 9.59 Å². The van der Waals surface area contributed by atoms with Crippen molar-refractivity contribution in [1.82, 2.24) is 9.80 Å². The van der Waals surface area contributed by atoms with Gasteiger partial charge >= 0.3 is 12.2 Å². The van der Waals surface area contributed by atoms with Crippen molar-refractivity contribution in [1.29, 1.82) is 0 Å². The topological polar surface area (TPSA) is 158 Å². The van der Waals surface area contributed by atoms with Gasteiger partial charge < -0.3 is 25.8 Å². The van der Waals surface area contributed by atoms with E-state index in [0.29, 0.717) is 27.2 Å². The summed E-state index contributed by atoms with van der Waals surface area (Å²) >= 11 is 0. The number of carbonyl (C=O) groups excluding carboxylic acids is 4. The third-order valence-electron chi connectivity index (χ3n) is 9.01. The normalized spacial score (nSPS) is 11.8. The number of imide groups is 3. The summed E-state index contributed by atoms with van der Waals surface area (Å²) in [4.78, 5) is 64.3. The van der Waals surface area contributed by atoms with Crippen LogP contribution in [-0.2, 0) is 32.3 Å². The van der Waals surface area contributed by atoms with E-state index in [1.807, 2.05) is 110 Å². The molecule has 1 unspecified atom stereocenters. The number of hydrogen-bond acceptors (Lipinski definition) is 7. The molecule has 5 aromatic rings. The number of guanidine groups is 1. The van der Waals surface area contributed by atoms with Crippen LogP contribution in [0.2, 0.25) is 0 Å². The summed E-state index contributed by atoms with van der Waals surface area (Å²) in [7, 11) is 0. The van der Waals surface area contributed by atoms with Crippen LogP contribution in [0.15, 0.2) is 157 Å². The number of carbonyl (C=O) groups is 4. The molecule has 2 atom stereocenters. The molecule has 55 heavy (non-hydrogen) atoms. The SMILES string of the molecule is CC(c1ccccc1)N(C(=O)C(c1ccccc1)c1ccccc1)[C@@H](CCCN=C(N)N)C(=O)N(C(=O)OCc1ccccc1)C(=O)OCc1ccccc1. The zero-order valence-corrected chi connectivity index (χ0v) is 30.6. The Morgan fingerprint density at radius 2 is 0.982 bits per heavy atom. The number of ether oxygens (including phenoxy) is 2. The van der Waals surface area contributed by atoms with E-state index >= 15 is 9.59 Å². The first-order chi connectivity index (χ1) is 26.7. The fourth-order valence-corrected chi connectivity index (χ4v) is 6.27. The second kappa shape index (κ2) is 19.9. The minimum absolute atomic E-state index is 0.0245. The van der Waals surface area contributed by atoms with E-state index in [4.69, 9.17) is 20.9 Å². The Morgan fingerprint density at radius 1 is 0.582 bits per heavy atom. The molecule has 0 saturated carbocycles. The number of nitrogens with two attached hydrogens (primary N) is 2. The lowest BCUT2D eigenvalue weighted by atomic mass is 9.88. The quantitative estimate of drug-likeness (QED) is 0.0642. The smallest absolute Gasteiger partial charge is 0.426 e. The zero-order valence-electron chi connectivity index (χ0n) is 30.6. The van der Waals surface area contributed by atoms with E-state index in [1.54, 1.807) is 48.5 Å². The van der Waals surface area contributed by atoms with E-state index < -0.39 is 42.0 Å². The first-order valence-electron chi connectivity index (χ1n) is 18.0. The Bertz CT molecular complexity index is 1920. The third kappa shape index (κ3) is 10.9. The Hall–Kier alpha value is -6.75. The number of rotatable bonds is 15. The summed E-state index contributed by atoms with van der Waals surface area (Å²) in [6.07, 6.45) is -2.30. The standard InChI is InChI=1S/C44H45N5O6/c1-32(35-22-11-4-12-23-35)48(41(51)39(36-24-13-5-14-25-36)37-26-15-6-16-27-37)38(28-17-29-47-42(45)46)40(50)49(43(52)54-30-33-18-7-2-8-19-33)44(53)55-31-34-20-9-3-10-21-34/h2-16,18-27,32,38-39H,17,28-31H2,1H3,(H4,45,46,47)/t32?,38-/m0/s1. The van der Waals surface area contributed by atoms with Gasteiger partial charge in [-0.1, -0.05) is 152 Å². The summed E-state index contributed by atoms with van der Waals surface area (Å²) in [6.45, 7) is 1.48. The van der Waals surface area contributed by atoms with Crippen LogP contribution in [-0.4, -0.2) is 52.3 Å². The maximum atomic E-state index is 15.4. The van der Waals surface area contributed by atoms with Crippen molar-refractivity contribution in [2.45, 2.75) is 51.0 Å². The Labute approximate surface area is 321 Å². The predicted molar refractivity (Wildman–Crippen MR) is 210 cm³/mol. The zero-order chi connectivity index (χ0) is 39.0. The number of aliphatic imine (C=N–C) groups is 1. The lowest BCUT2D eigenvalue weighted by molar-refractivity contribution is -0.147. The van der Waals surface area contributed by atoms with Crippen molar-refractivity contribution in [3.8, 4) is 0 Å². The lowest BCUT2D eigenvalue weighted by Gasteiger charge is -2.39. The van der Waals surface area contributed by atoms with Crippen LogP contribution in [0, 0.1) is 0 Å². The summed E-state index contributed by atoms with van der Waals surface area (Å²) < 4.78 is 11.1. The van der Waals surface area contributed by atoms with Gasteiger partial charge in [-0.2, -0.15) is 0 Å². The van der Waals surface area contributed by atoms with Crippen LogP contribution in [0.25, 0.3) is 0 Å². The van der Waals surface area contributed by atoms with Crippen LogP contribution in [0.3, 0.4) is 0 Å². The second-order valence-corrected chi connectivity index (χ2v) is 12.8. The van der Waals surface area contributed by atoms with E-state index in [-0.39, 0.29) is 38.6 Å². The average Bonchev–Trinajstić information content (AvgIpc) is 3.22. The van der Waals surface area contributed by atoms with Crippen LogP contribution >= 0.6 is 0 Å². The third-order valence-corrected chi connectivity index (χ3v) is 9.01. The van der Waals surface area contributed by atoms with Crippen LogP contribution < -0.4 is 11.5 Å². The molecule has 5 aromatic carbocycles. The molecule has 0 fully saturated rings. The summed E-state index contributed by atoms with van der Waals surface area (Å²) in [5, 5.41) is 0. The van der Waals surface area contributed by atoms with Crippen molar-refractivity contribution in [3.63, 3.8) is 0 Å². The molecular formula is C44H45N5O6. The molecule has 0 bridgehead atoms. The van der Waals surface area contributed by atoms with Gasteiger partial charge in [0.25, 0.3) is 5.91 Å². The Kier molecular flexibility index (Phi) is 14.3. The molecule has 0 saturated heterocycles. The van der Waals surface area contributed by atoms with Gasteiger partial charge in [0.15, 0.2) is 5.96 Å². The van der Waals surface area contributed by atoms with Gasteiger partial charge in [-0.25, -0.2) is 9.59 Å². The van der Waals surface area contributed by atoms with Gasteiger partial charge in [0.05, 0.1) is 12.0 Å². The second-order valence-electron chi connectivity index (χ2n) is 12.8. The maximum Gasteiger partial charge on any atom is 0.426 e. The molecule has 0 aliphatic carbocycles. The molecule has 0 aliphatic heterocycles. The van der Waals surface area contributed by atoms with Crippen LogP contribution in [0.5, 0.6) is 0 Å². The maximum absolute atomic E-state index is 15.4. The van der Waals surface area contributed by atoms with Crippen molar-refractivity contribution >= 4 is 30.0 Å². The first kappa shape index (κ1) is 39.5. The molecule has 0 radical (unpaired) electrons. The molecule has 282 valence electrons. The number of hydrogen-bond donors (Lipinski definition) is 2. The van der Waals surface area contributed by atoms with E-state index in [9.17, 15) is 9.59 Å². The molecule has 0 spiro atoms. The molecule has 0 aliphatic rings. The highest BCUT2D eigenvalue weighted by atomic mass is 16.6. The summed E-state index contributed by atoms with van der Waals surface area (Å²) in [5.41, 5.74) is 14.6. The molecule has 4 N–H and O–H groups in total. The van der Waals surface area contributed by atoms with E-state index in [0.717, 1.165) is 5.56 Å². The van der Waals surface area contributed by atoms with E-state index in [1.165, 1.54) is 4.90 Å². The Morgan fingerprint density at radius 3 is 1.40 bits per heavy atom. The van der Waals surface area contributed by atoms with Gasteiger partial charge in [0, 0.05) is 6.54 Å². The first-order valence-corrected chi connectivity index (χ1v) is 18.0. The number of benzene rings is 5. The fraction of sp³-hybridized carbons (Fsp3) is 0.205. The Balaban J connectivity index is 1.61. The van der Waals surface area contributed by atoms with Gasteiger partial charge in [-0.05, 0) is 47.6 Å². The number of amides is 4. The monoisotopic (exact) mass is 739 g/mol. The molecule has 11 nitrogen and oxygen atoms in total.